The number of aromatic nitrogens is 2. The first-order valence-corrected chi connectivity index (χ1v) is 5.89. The SMILES string of the molecule is CC(CN)C(C)Nc1cnnc2ccccc12. The van der Waals surface area contributed by atoms with Gasteiger partial charge < -0.3 is 11.1 Å². The Bertz CT molecular complexity index is 492. The topological polar surface area (TPSA) is 63.8 Å². The molecule has 90 valence electrons. The summed E-state index contributed by atoms with van der Waals surface area (Å²) in [5.41, 5.74) is 7.60. The molecule has 1 aromatic heterocycles. The second-order valence-electron chi connectivity index (χ2n) is 4.42. The van der Waals surface area contributed by atoms with Crippen LogP contribution < -0.4 is 11.1 Å². The fraction of sp³-hybridized carbons (Fsp3) is 0.385. The summed E-state index contributed by atoms with van der Waals surface area (Å²) >= 11 is 0. The molecule has 4 heteroatoms. The zero-order valence-electron chi connectivity index (χ0n) is 10.2. The molecule has 2 unspecified atom stereocenters. The van der Waals surface area contributed by atoms with Gasteiger partial charge in [-0.2, -0.15) is 10.2 Å². The highest BCUT2D eigenvalue weighted by Crippen LogP contribution is 2.21. The van der Waals surface area contributed by atoms with Gasteiger partial charge in [0.15, 0.2) is 0 Å². The van der Waals surface area contributed by atoms with Gasteiger partial charge in [-0.25, -0.2) is 0 Å². The summed E-state index contributed by atoms with van der Waals surface area (Å²) in [6.07, 6.45) is 1.77. The Kier molecular flexibility index (Phi) is 3.54. The highest BCUT2D eigenvalue weighted by atomic mass is 15.1. The van der Waals surface area contributed by atoms with Crippen molar-refractivity contribution in [1.29, 1.82) is 0 Å². The molecule has 0 aliphatic heterocycles. The molecule has 0 saturated carbocycles. The zero-order valence-corrected chi connectivity index (χ0v) is 10.2. The van der Waals surface area contributed by atoms with Crippen LogP contribution in [0.3, 0.4) is 0 Å². The van der Waals surface area contributed by atoms with Crippen LogP contribution in [0.25, 0.3) is 10.9 Å². The van der Waals surface area contributed by atoms with Crippen LogP contribution >= 0.6 is 0 Å². The second kappa shape index (κ2) is 5.10. The molecule has 0 saturated heterocycles. The van der Waals surface area contributed by atoms with E-state index in [9.17, 15) is 0 Å². The normalized spacial score (nSPS) is 14.5. The van der Waals surface area contributed by atoms with Crippen molar-refractivity contribution in [2.45, 2.75) is 19.9 Å². The van der Waals surface area contributed by atoms with Crippen molar-refractivity contribution in [2.75, 3.05) is 11.9 Å². The Morgan fingerprint density at radius 3 is 2.82 bits per heavy atom. The third-order valence-corrected chi connectivity index (χ3v) is 3.16. The lowest BCUT2D eigenvalue weighted by Gasteiger charge is -2.21. The summed E-state index contributed by atoms with van der Waals surface area (Å²) in [6, 6.07) is 8.29. The van der Waals surface area contributed by atoms with E-state index in [4.69, 9.17) is 5.73 Å². The average molecular weight is 230 g/mol. The summed E-state index contributed by atoms with van der Waals surface area (Å²) in [4.78, 5) is 0. The first-order valence-electron chi connectivity index (χ1n) is 5.89. The molecular weight excluding hydrogens is 212 g/mol. The molecule has 0 aliphatic rings. The van der Waals surface area contributed by atoms with E-state index in [-0.39, 0.29) is 0 Å². The zero-order chi connectivity index (χ0) is 12.3. The maximum Gasteiger partial charge on any atom is 0.0950 e. The summed E-state index contributed by atoms with van der Waals surface area (Å²) in [5, 5.41) is 12.7. The lowest BCUT2D eigenvalue weighted by molar-refractivity contribution is 0.521. The van der Waals surface area contributed by atoms with E-state index in [1.165, 1.54) is 0 Å². The molecule has 2 aromatic rings. The number of hydrogen-bond acceptors (Lipinski definition) is 4. The molecule has 4 nitrogen and oxygen atoms in total. The van der Waals surface area contributed by atoms with E-state index in [1.54, 1.807) is 6.20 Å². The number of hydrogen-bond donors (Lipinski definition) is 2. The first kappa shape index (κ1) is 11.8. The Hall–Kier alpha value is -1.68. The largest absolute Gasteiger partial charge is 0.380 e. The highest BCUT2D eigenvalue weighted by molar-refractivity contribution is 5.90. The quantitative estimate of drug-likeness (QED) is 0.843. The van der Waals surface area contributed by atoms with Crippen molar-refractivity contribution in [3.63, 3.8) is 0 Å². The first-order chi connectivity index (χ1) is 8.22. The highest BCUT2D eigenvalue weighted by Gasteiger charge is 2.11. The van der Waals surface area contributed by atoms with Crippen molar-refractivity contribution < 1.29 is 0 Å². The molecule has 3 N–H and O–H groups in total. The molecular formula is C13H18N4. The predicted molar refractivity (Wildman–Crippen MR) is 70.8 cm³/mol. The Labute approximate surface area is 101 Å². The van der Waals surface area contributed by atoms with Gasteiger partial charge in [-0.15, -0.1) is 0 Å². The van der Waals surface area contributed by atoms with E-state index >= 15 is 0 Å². The molecule has 0 aliphatic carbocycles. The fourth-order valence-corrected chi connectivity index (χ4v) is 1.71. The number of nitrogens with one attached hydrogen (secondary N) is 1. The minimum atomic E-state index is 0.313. The fourth-order valence-electron chi connectivity index (χ4n) is 1.71. The monoisotopic (exact) mass is 230 g/mol. The third kappa shape index (κ3) is 2.53. The van der Waals surface area contributed by atoms with Crippen LogP contribution in [0.2, 0.25) is 0 Å². The molecule has 0 amide bonds. The second-order valence-corrected chi connectivity index (χ2v) is 4.42. The molecule has 0 bridgehead atoms. The van der Waals surface area contributed by atoms with Crippen molar-refractivity contribution in [1.82, 2.24) is 10.2 Å². The van der Waals surface area contributed by atoms with Gasteiger partial charge in [-0.05, 0) is 25.5 Å². The number of nitrogens with zero attached hydrogens (tertiary/aromatic N) is 2. The van der Waals surface area contributed by atoms with Crippen molar-refractivity contribution in [3.05, 3.63) is 30.5 Å². The van der Waals surface area contributed by atoms with Gasteiger partial charge in [0.05, 0.1) is 17.4 Å². The van der Waals surface area contributed by atoms with Gasteiger partial charge in [-0.1, -0.05) is 25.1 Å². The smallest absolute Gasteiger partial charge is 0.0950 e. The van der Waals surface area contributed by atoms with Crippen LogP contribution in [-0.4, -0.2) is 22.8 Å². The van der Waals surface area contributed by atoms with Crippen LogP contribution in [0.4, 0.5) is 5.69 Å². The maximum absolute atomic E-state index is 5.67. The molecule has 2 rings (SSSR count). The summed E-state index contributed by atoms with van der Waals surface area (Å²) in [5.74, 6) is 0.418. The molecule has 0 radical (unpaired) electrons. The Morgan fingerprint density at radius 2 is 2.06 bits per heavy atom. The van der Waals surface area contributed by atoms with Gasteiger partial charge in [0.25, 0.3) is 0 Å². The minimum absolute atomic E-state index is 0.313. The van der Waals surface area contributed by atoms with Crippen molar-refractivity contribution >= 4 is 16.6 Å². The molecule has 2 atom stereocenters. The lowest BCUT2D eigenvalue weighted by atomic mass is 10.0. The molecule has 1 heterocycles. The van der Waals surface area contributed by atoms with Gasteiger partial charge in [0.2, 0.25) is 0 Å². The third-order valence-electron chi connectivity index (χ3n) is 3.16. The summed E-state index contributed by atoms with van der Waals surface area (Å²) in [7, 11) is 0. The number of nitrogens with two attached hydrogens (primary N) is 1. The Morgan fingerprint density at radius 1 is 1.29 bits per heavy atom. The van der Waals surface area contributed by atoms with Crippen LogP contribution in [0.1, 0.15) is 13.8 Å². The molecule has 1 aromatic carbocycles. The minimum Gasteiger partial charge on any atom is -0.380 e. The maximum atomic E-state index is 5.67. The van der Waals surface area contributed by atoms with Crippen molar-refractivity contribution in [3.8, 4) is 0 Å². The van der Waals surface area contributed by atoms with Crippen LogP contribution in [0.15, 0.2) is 30.5 Å². The molecule has 0 fully saturated rings. The molecule has 17 heavy (non-hydrogen) atoms. The van der Waals surface area contributed by atoms with Gasteiger partial charge in [0.1, 0.15) is 0 Å². The van der Waals surface area contributed by atoms with Crippen LogP contribution in [0.5, 0.6) is 0 Å². The number of rotatable bonds is 4. The van der Waals surface area contributed by atoms with Crippen LogP contribution in [0, 0.1) is 5.92 Å². The summed E-state index contributed by atoms with van der Waals surface area (Å²) < 4.78 is 0. The number of fused-ring (bicyclic) bond motifs is 1. The van der Waals surface area contributed by atoms with Gasteiger partial charge in [0, 0.05) is 11.4 Å². The van der Waals surface area contributed by atoms with E-state index in [1.807, 2.05) is 24.3 Å². The van der Waals surface area contributed by atoms with E-state index in [2.05, 4.69) is 29.4 Å². The van der Waals surface area contributed by atoms with Crippen molar-refractivity contribution in [2.24, 2.45) is 11.7 Å². The lowest BCUT2D eigenvalue weighted by Crippen LogP contribution is -2.29. The summed E-state index contributed by atoms with van der Waals surface area (Å²) in [6.45, 7) is 4.94. The van der Waals surface area contributed by atoms with Gasteiger partial charge >= 0.3 is 0 Å². The Balaban J connectivity index is 2.30. The standard InChI is InChI=1S/C13H18N4/c1-9(7-14)10(2)16-13-8-15-17-12-6-4-3-5-11(12)13/h3-6,8-10H,7,14H2,1-2H3,(H,16,17). The predicted octanol–water partition coefficient (Wildman–Crippen LogP) is 2.02. The number of anilines is 1. The van der Waals surface area contributed by atoms with E-state index < -0.39 is 0 Å². The average Bonchev–Trinajstić information content (AvgIpc) is 2.38. The van der Waals surface area contributed by atoms with Crippen LogP contribution in [-0.2, 0) is 0 Å². The van der Waals surface area contributed by atoms with Gasteiger partial charge in [-0.3, -0.25) is 0 Å². The van der Waals surface area contributed by atoms with E-state index in [0.717, 1.165) is 16.6 Å². The van der Waals surface area contributed by atoms with E-state index in [0.29, 0.717) is 18.5 Å². The number of benzene rings is 1. The molecule has 0 spiro atoms.